The molecule has 1 atom stereocenters. The predicted molar refractivity (Wildman–Crippen MR) is 110 cm³/mol. The summed E-state index contributed by atoms with van der Waals surface area (Å²) in [6, 6.07) is 8.75. The Morgan fingerprint density at radius 2 is 1.93 bits per heavy atom. The smallest absolute Gasteiger partial charge is 0.469 e. The van der Waals surface area contributed by atoms with Gasteiger partial charge >= 0.3 is 6.36 Å². The van der Waals surface area contributed by atoms with Crippen LogP contribution in [-0.4, -0.2) is 37.1 Å². The molecule has 0 saturated heterocycles. The van der Waals surface area contributed by atoms with Crippen LogP contribution in [-0.2, 0) is 6.42 Å². The summed E-state index contributed by atoms with van der Waals surface area (Å²) < 4.78 is 45.6. The second-order valence-corrected chi connectivity index (χ2v) is 5.61. The molecule has 156 valence electrons. The van der Waals surface area contributed by atoms with Crippen LogP contribution < -0.4 is 15.4 Å². The fourth-order valence-corrected chi connectivity index (χ4v) is 2.28. The second kappa shape index (κ2) is 11.8. The lowest BCUT2D eigenvalue weighted by atomic mass is 10.1. The summed E-state index contributed by atoms with van der Waals surface area (Å²) in [7, 11) is 0. The van der Waals surface area contributed by atoms with Gasteiger partial charge in [0.25, 0.3) is 0 Å². The highest BCUT2D eigenvalue weighted by Crippen LogP contribution is 2.24. The van der Waals surface area contributed by atoms with E-state index < -0.39 is 12.5 Å². The Morgan fingerprint density at radius 1 is 1.21 bits per heavy atom. The Balaban J connectivity index is 0.00000392. The number of hydrogen-bond acceptors (Lipinski definition) is 4. The summed E-state index contributed by atoms with van der Waals surface area (Å²) in [5, 5.41) is 16.4. The zero-order valence-corrected chi connectivity index (χ0v) is 17.5. The molecule has 0 radical (unpaired) electrons. The fraction of sp³-hybridized carbons (Fsp3) is 0.389. The monoisotopic (exact) mass is 513 g/mol. The van der Waals surface area contributed by atoms with Crippen LogP contribution in [0.25, 0.3) is 0 Å². The van der Waals surface area contributed by atoms with Crippen LogP contribution in [0.3, 0.4) is 0 Å². The van der Waals surface area contributed by atoms with Crippen molar-refractivity contribution in [3.8, 4) is 5.75 Å². The summed E-state index contributed by atoms with van der Waals surface area (Å²) in [6.45, 7) is 3.21. The number of aliphatic hydroxyl groups excluding tert-OH is 1. The van der Waals surface area contributed by atoms with Crippen LogP contribution in [0.2, 0.25) is 0 Å². The van der Waals surface area contributed by atoms with Gasteiger partial charge in [-0.3, -0.25) is 4.99 Å². The van der Waals surface area contributed by atoms with E-state index in [1.165, 1.54) is 12.1 Å². The van der Waals surface area contributed by atoms with E-state index in [9.17, 15) is 18.3 Å². The van der Waals surface area contributed by atoms with E-state index in [0.717, 1.165) is 17.9 Å². The minimum Gasteiger partial charge on any atom is -0.469 e. The highest BCUT2D eigenvalue weighted by atomic mass is 127. The maximum atomic E-state index is 12.2. The minimum absolute atomic E-state index is 0. The number of guanidine groups is 1. The molecule has 28 heavy (non-hydrogen) atoms. The third kappa shape index (κ3) is 8.83. The highest BCUT2D eigenvalue weighted by molar-refractivity contribution is 14.0. The maximum Gasteiger partial charge on any atom is 0.573 e. The van der Waals surface area contributed by atoms with Crippen molar-refractivity contribution >= 4 is 29.9 Å². The molecular weight excluding hydrogens is 490 g/mol. The molecule has 0 saturated carbocycles. The molecule has 10 heteroatoms. The van der Waals surface area contributed by atoms with E-state index >= 15 is 0 Å². The van der Waals surface area contributed by atoms with Crippen molar-refractivity contribution in [2.45, 2.75) is 25.8 Å². The number of aliphatic imine (C=N–C) groups is 1. The van der Waals surface area contributed by atoms with Gasteiger partial charge < -0.3 is 24.9 Å². The van der Waals surface area contributed by atoms with E-state index in [1.807, 2.05) is 19.1 Å². The molecule has 2 rings (SSSR count). The molecule has 0 amide bonds. The number of aliphatic hydroxyl groups is 1. The van der Waals surface area contributed by atoms with Gasteiger partial charge in [0.1, 0.15) is 11.5 Å². The topological polar surface area (TPSA) is 79.0 Å². The molecule has 1 unspecified atom stereocenters. The summed E-state index contributed by atoms with van der Waals surface area (Å²) in [5.74, 6) is 1.04. The van der Waals surface area contributed by atoms with Crippen LogP contribution in [0.1, 0.15) is 24.4 Å². The number of furan rings is 1. The third-order valence-electron chi connectivity index (χ3n) is 3.51. The zero-order chi connectivity index (χ0) is 19.7. The van der Waals surface area contributed by atoms with Crippen molar-refractivity contribution in [2.75, 3.05) is 19.6 Å². The molecule has 1 aromatic carbocycles. The van der Waals surface area contributed by atoms with E-state index in [4.69, 9.17) is 4.42 Å². The van der Waals surface area contributed by atoms with Crippen molar-refractivity contribution in [1.29, 1.82) is 0 Å². The van der Waals surface area contributed by atoms with Gasteiger partial charge in [0.05, 0.1) is 18.9 Å². The molecule has 0 fully saturated rings. The van der Waals surface area contributed by atoms with Gasteiger partial charge in [-0.2, -0.15) is 0 Å². The molecule has 0 spiro atoms. The first-order valence-electron chi connectivity index (χ1n) is 8.45. The Morgan fingerprint density at radius 3 is 2.50 bits per heavy atom. The van der Waals surface area contributed by atoms with Gasteiger partial charge in [0, 0.05) is 19.5 Å². The lowest BCUT2D eigenvalue weighted by Gasteiger charge is -2.14. The van der Waals surface area contributed by atoms with Crippen LogP contribution in [0.4, 0.5) is 13.2 Å². The van der Waals surface area contributed by atoms with Crippen molar-refractivity contribution in [2.24, 2.45) is 4.99 Å². The Bertz CT molecular complexity index is 707. The number of alkyl halides is 3. The van der Waals surface area contributed by atoms with Crippen molar-refractivity contribution in [1.82, 2.24) is 10.6 Å². The number of rotatable bonds is 8. The van der Waals surface area contributed by atoms with Crippen molar-refractivity contribution in [3.63, 3.8) is 0 Å². The van der Waals surface area contributed by atoms with Crippen LogP contribution in [0, 0.1) is 0 Å². The predicted octanol–water partition coefficient (Wildman–Crippen LogP) is 3.63. The first-order chi connectivity index (χ1) is 12.9. The normalized spacial score (nSPS) is 12.8. The quantitative estimate of drug-likeness (QED) is 0.286. The van der Waals surface area contributed by atoms with Crippen molar-refractivity contribution < 1.29 is 27.4 Å². The van der Waals surface area contributed by atoms with Crippen molar-refractivity contribution in [3.05, 3.63) is 54.0 Å². The van der Waals surface area contributed by atoms with Gasteiger partial charge in [-0.05, 0) is 36.8 Å². The maximum absolute atomic E-state index is 12.2. The average molecular weight is 513 g/mol. The molecular formula is C18H23F3IN3O3. The standard InChI is InChI=1S/C18H22F3N3O3.HI/c1-2-22-17(23-10-9-14-4-3-11-26-14)24-12-16(25)13-5-7-15(8-6-13)27-18(19,20)21;/h3-8,11,16,25H,2,9-10,12H2,1H3,(H2,22,23,24);1H. The van der Waals surface area contributed by atoms with Crippen LogP contribution in [0.15, 0.2) is 52.1 Å². The molecule has 0 aliphatic heterocycles. The molecule has 2 aromatic rings. The fourth-order valence-electron chi connectivity index (χ4n) is 2.28. The number of ether oxygens (including phenoxy) is 1. The Labute approximate surface area is 178 Å². The SMILES string of the molecule is CCNC(=NCC(O)c1ccc(OC(F)(F)F)cc1)NCCc1ccco1.I. The molecule has 1 aromatic heterocycles. The number of benzene rings is 1. The van der Waals surface area contributed by atoms with Gasteiger partial charge in [-0.15, -0.1) is 37.1 Å². The highest BCUT2D eigenvalue weighted by Gasteiger charge is 2.31. The van der Waals surface area contributed by atoms with Gasteiger partial charge in [0.2, 0.25) is 0 Å². The average Bonchev–Trinajstić information content (AvgIpc) is 3.12. The number of nitrogens with zero attached hydrogens (tertiary/aromatic N) is 1. The Hall–Kier alpha value is -1.95. The van der Waals surface area contributed by atoms with E-state index in [-0.39, 0.29) is 36.3 Å². The van der Waals surface area contributed by atoms with E-state index in [0.29, 0.717) is 31.0 Å². The number of halogens is 4. The first-order valence-corrected chi connectivity index (χ1v) is 8.45. The van der Waals surface area contributed by atoms with E-state index in [2.05, 4.69) is 20.4 Å². The van der Waals surface area contributed by atoms with Gasteiger partial charge in [-0.25, -0.2) is 0 Å². The van der Waals surface area contributed by atoms with Gasteiger partial charge in [0.15, 0.2) is 5.96 Å². The first kappa shape index (κ1) is 24.1. The van der Waals surface area contributed by atoms with Crippen LogP contribution in [0.5, 0.6) is 5.75 Å². The molecule has 0 aliphatic carbocycles. The zero-order valence-electron chi connectivity index (χ0n) is 15.2. The second-order valence-electron chi connectivity index (χ2n) is 5.61. The number of nitrogens with one attached hydrogen (secondary N) is 2. The molecule has 1 heterocycles. The minimum atomic E-state index is -4.74. The summed E-state index contributed by atoms with van der Waals surface area (Å²) in [4.78, 5) is 4.29. The largest absolute Gasteiger partial charge is 0.573 e. The molecule has 0 aliphatic rings. The van der Waals surface area contributed by atoms with E-state index in [1.54, 1.807) is 6.26 Å². The lowest BCUT2D eigenvalue weighted by molar-refractivity contribution is -0.274. The van der Waals surface area contributed by atoms with Crippen LogP contribution >= 0.6 is 24.0 Å². The Kier molecular flexibility index (Phi) is 10.1. The summed E-state index contributed by atoms with van der Waals surface area (Å²) >= 11 is 0. The van der Waals surface area contributed by atoms with Gasteiger partial charge in [-0.1, -0.05) is 12.1 Å². The summed E-state index contributed by atoms with van der Waals surface area (Å²) in [5.41, 5.74) is 0.444. The lowest BCUT2D eigenvalue weighted by Crippen LogP contribution is -2.38. The molecule has 0 bridgehead atoms. The third-order valence-corrected chi connectivity index (χ3v) is 3.51. The molecule has 3 N–H and O–H groups in total. The molecule has 6 nitrogen and oxygen atoms in total. The number of hydrogen-bond donors (Lipinski definition) is 3. The summed E-state index contributed by atoms with van der Waals surface area (Å²) in [6.07, 6.45) is -3.41.